The number of nitriles is 1. The van der Waals surface area contributed by atoms with Crippen molar-refractivity contribution in [3.8, 4) is 17.2 Å². The highest BCUT2D eigenvalue weighted by atomic mass is 79.9. The molecule has 0 aliphatic carbocycles. The molecule has 10 heteroatoms. The van der Waals surface area contributed by atoms with E-state index in [1.54, 1.807) is 39.0 Å². The van der Waals surface area contributed by atoms with Gasteiger partial charge in [-0.05, 0) is 38.5 Å². The van der Waals surface area contributed by atoms with Crippen molar-refractivity contribution in [3.63, 3.8) is 0 Å². The summed E-state index contributed by atoms with van der Waals surface area (Å²) in [5.41, 5.74) is 10.4. The van der Waals surface area contributed by atoms with Crippen molar-refractivity contribution in [2.45, 2.75) is 26.4 Å². The molecule has 0 radical (unpaired) electrons. The van der Waals surface area contributed by atoms with Gasteiger partial charge in [-0.2, -0.15) is 5.26 Å². The molecule has 0 aliphatic heterocycles. The second-order valence-corrected chi connectivity index (χ2v) is 9.50. The molecule has 2 amide bonds. The third kappa shape index (κ3) is 4.33. The number of nitrogens with one attached hydrogen (secondary N) is 1. The Morgan fingerprint density at radius 3 is 2.58 bits per heavy atom. The lowest BCUT2D eigenvalue weighted by atomic mass is 9.96. The first-order valence-electron chi connectivity index (χ1n) is 8.98. The second kappa shape index (κ2) is 8.17. The maximum absolute atomic E-state index is 15.2. The molecule has 3 rings (SSSR count). The van der Waals surface area contributed by atoms with Crippen LogP contribution in [0.4, 0.5) is 19.9 Å². The fourth-order valence-electron chi connectivity index (χ4n) is 3.03. The number of ether oxygens (including phenoxy) is 1. The number of hydrogen-bond acceptors (Lipinski definition) is 6. The standard InChI is InChI=1S/C21H18BrFN4O3S/c1-21(2,3)30-20(29)27-19-11(8-24)14-9(5-4-6-13(14)31-19)15-12(22)7-10(18(26)28)17(25)16(15)23/h4-7H,25H2,1-3H3,(H2,26,28)(H,27,29). The molecule has 0 bridgehead atoms. The first-order valence-corrected chi connectivity index (χ1v) is 10.6. The van der Waals surface area contributed by atoms with Crippen LogP contribution in [0.25, 0.3) is 21.2 Å². The first kappa shape index (κ1) is 22.5. The summed E-state index contributed by atoms with van der Waals surface area (Å²) < 4.78 is 21.4. The quantitative estimate of drug-likeness (QED) is 0.412. The van der Waals surface area contributed by atoms with Crippen LogP contribution in [0.2, 0.25) is 0 Å². The van der Waals surface area contributed by atoms with Gasteiger partial charge in [0.1, 0.15) is 16.7 Å². The van der Waals surface area contributed by atoms with Crippen LogP contribution in [-0.4, -0.2) is 17.6 Å². The highest BCUT2D eigenvalue weighted by Gasteiger charge is 2.25. The average Bonchev–Trinajstić information content (AvgIpc) is 3.00. The van der Waals surface area contributed by atoms with Gasteiger partial charge >= 0.3 is 6.09 Å². The molecule has 1 heterocycles. The number of nitrogen functional groups attached to an aromatic ring is 1. The molecule has 0 spiro atoms. The number of nitrogens with two attached hydrogens (primary N) is 2. The minimum atomic E-state index is -0.862. The Morgan fingerprint density at radius 1 is 1.32 bits per heavy atom. The Morgan fingerprint density at radius 2 is 2.00 bits per heavy atom. The molecule has 0 saturated carbocycles. The van der Waals surface area contributed by atoms with E-state index in [0.29, 0.717) is 15.6 Å². The summed E-state index contributed by atoms with van der Waals surface area (Å²) in [5.74, 6) is -1.70. The monoisotopic (exact) mass is 504 g/mol. The SMILES string of the molecule is CC(C)(C)OC(=O)Nc1sc2cccc(-c3c(Br)cc(C(N)=O)c(N)c3F)c2c1C#N. The topological polar surface area (TPSA) is 131 Å². The Bertz CT molecular complexity index is 1270. The molecule has 0 fully saturated rings. The summed E-state index contributed by atoms with van der Waals surface area (Å²) in [6, 6.07) is 8.48. The van der Waals surface area contributed by atoms with Gasteiger partial charge in [-0.15, -0.1) is 11.3 Å². The van der Waals surface area contributed by atoms with E-state index in [0.717, 1.165) is 11.3 Å². The Hall–Kier alpha value is -3.16. The highest BCUT2D eigenvalue weighted by molar-refractivity contribution is 9.10. The molecule has 0 saturated heterocycles. The second-order valence-electron chi connectivity index (χ2n) is 7.60. The molecule has 0 unspecified atom stereocenters. The van der Waals surface area contributed by atoms with Gasteiger partial charge in [0.2, 0.25) is 0 Å². The molecular formula is C21H18BrFN4O3S. The number of hydrogen-bond donors (Lipinski definition) is 3. The van der Waals surface area contributed by atoms with Crippen LogP contribution in [0.5, 0.6) is 0 Å². The van der Waals surface area contributed by atoms with Crippen molar-refractivity contribution in [3.05, 3.63) is 45.7 Å². The highest BCUT2D eigenvalue weighted by Crippen LogP contribution is 2.44. The fraction of sp³-hybridized carbons (Fsp3) is 0.190. The number of thiophene rings is 1. The zero-order valence-electron chi connectivity index (χ0n) is 16.8. The van der Waals surface area contributed by atoms with Crippen LogP contribution in [0.3, 0.4) is 0 Å². The number of primary amides is 1. The summed E-state index contributed by atoms with van der Waals surface area (Å²) in [6.45, 7) is 5.17. The van der Waals surface area contributed by atoms with Gasteiger partial charge in [-0.25, -0.2) is 9.18 Å². The van der Waals surface area contributed by atoms with Gasteiger partial charge in [0.25, 0.3) is 5.91 Å². The third-order valence-corrected chi connectivity index (χ3v) is 5.93. The summed E-state index contributed by atoms with van der Waals surface area (Å²) in [5, 5.41) is 13.1. The molecule has 1 aromatic heterocycles. The van der Waals surface area contributed by atoms with Crippen LogP contribution in [0.15, 0.2) is 28.7 Å². The summed E-state index contributed by atoms with van der Waals surface area (Å²) in [4.78, 5) is 23.8. The average molecular weight is 505 g/mol. The summed E-state index contributed by atoms with van der Waals surface area (Å²) >= 11 is 4.43. The first-order chi connectivity index (χ1) is 14.4. The number of nitrogens with zero attached hydrogens (tertiary/aromatic N) is 1. The lowest BCUT2D eigenvalue weighted by molar-refractivity contribution is 0.0636. The zero-order valence-corrected chi connectivity index (χ0v) is 19.2. The van der Waals surface area contributed by atoms with Crippen LogP contribution in [0, 0.1) is 17.1 Å². The van der Waals surface area contributed by atoms with Crippen molar-refractivity contribution in [2.24, 2.45) is 5.73 Å². The Balaban J connectivity index is 2.22. The number of anilines is 2. The number of halogens is 2. The van der Waals surface area contributed by atoms with Crippen LogP contribution < -0.4 is 16.8 Å². The van der Waals surface area contributed by atoms with Gasteiger partial charge < -0.3 is 16.2 Å². The number of carbonyl (C=O) groups excluding carboxylic acids is 2. The maximum Gasteiger partial charge on any atom is 0.412 e. The molecule has 31 heavy (non-hydrogen) atoms. The number of rotatable bonds is 3. The fourth-order valence-corrected chi connectivity index (χ4v) is 4.71. The smallest absolute Gasteiger partial charge is 0.412 e. The molecule has 160 valence electrons. The van der Waals surface area contributed by atoms with Gasteiger partial charge in [0, 0.05) is 20.1 Å². The number of fused-ring (bicyclic) bond motifs is 1. The minimum Gasteiger partial charge on any atom is -0.444 e. The molecule has 7 nitrogen and oxygen atoms in total. The van der Waals surface area contributed by atoms with Crippen LogP contribution in [-0.2, 0) is 4.74 Å². The largest absolute Gasteiger partial charge is 0.444 e. The number of amides is 2. The molecule has 3 aromatic rings. The Kier molecular flexibility index (Phi) is 5.93. The van der Waals surface area contributed by atoms with E-state index in [4.69, 9.17) is 16.2 Å². The van der Waals surface area contributed by atoms with E-state index in [1.165, 1.54) is 6.07 Å². The van der Waals surface area contributed by atoms with Crippen LogP contribution in [0.1, 0.15) is 36.7 Å². The normalized spacial score (nSPS) is 11.2. The van der Waals surface area contributed by atoms with E-state index < -0.39 is 23.4 Å². The van der Waals surface area contributed by atoms with E-state index in [-0.39, 0.29) is 31.9 Å². The Labute approximate surface area is 189 Å². The number of carbonyl (C=O) groups is 2. The van der Waals surface area contributed by atoms with Gasteiger partial charge in [0.15, 0.2) is 5.82 Å². The van der Waals surface area contributed by atoms with Crippen molar-refractivity contribution in [1.82, 2.24) is 0 Å². The van der Waals surface area contributed by atoms with Crippen molar-refractivity contribution >= 4 is 60.0 Å². The third-order valence-electron chi connectivity index (χ3n) is 4.23. The molecular weight excluding hydrogens is 487 g/mol. The lowest BCUT2D eigenvalue weighted by Crippen LogP contribution is -2.27. The predicted molar refractivity (Wildman–Crippen MR) is 122 cm³/mol. The molecule has 5 N–H and O–H groups in total. The summed E-state index contributed by atoms with van der Waals surface area (Å²) in [7, 11) is 0. The molecule has 0 aliphatic rings. The van der Waals surface area contributed by atoms with E-state index in [2.05, 4.69) is 27.3 Å². The van der Waals surface area contributed by atoms with E-state index in [1.807, 2.05) is 0 Å². The maximum atomic E-state index is 15.2. The predicted octanol–water partition coefficient (Wildman–Crippen LogP) is 5.37. The van der Waals surface area contributed by atoms with Crippen molar-refractivity contribution in [2.75, 3.05) is 11.1 Å². The van der Waals surface area contributed by atoms with Crippen molar-refractivity contribution in [1.29, 1.82) is 5.26 Å². The van der Waals surface area contributed by atoms with Crippen molar-refractivity contribution < 1.29 is 18.7 Å². The van der Waals surface area contributed by atoms with E-state index >= 15 is 4.39 Å². The van der Waals surface area contributed by atoms with E-state index in [9.17, 15) is 14.9 Å². The lowest BCUT2D eigenvalue weighted by Gasteiger charge is -2.19. The number of benzene rings is 2. The summed E-state index contributed by atoms with van der Waals surface area (Å²) in [6.07, 6.45) is -0.709. The molecule has 0 atom stereocenters. The van der Waals surface area contributed by atoms with Gasteiger partial charge in [-0.3, -0.25) is 10.1 Å². The minimum absolute atomic E-state index is 0.0752. The van der Waals surface area contributed by atoms with Gasteiger partial charge in [0.05, 0.1) is 16.8 Å². The molecule has 2 aromatic carbocycles. The zero-order chi connectivity index (χ0) is 23.1. The van der Waals surface area contributed by atoms with Gasteiger partial charge in [-0.1, -0.05) is 28.1 Å². The van der Waals surface area contributed by atoms with Crippen LogP contribution >= 0.6 is 27.3 Å².